The second kappa shape index (κ2) is 10.7. The molecule has 3 aliphatic rings. The first kappa shape index (κ1) is 28.2. The first-order valence-electron chi connectivity index (χ1n) is 15.9. The van der Waals surface area contributed by atoms with E-state index >= 15 is 0 Å². The van der Waals surface area contributed by atoms with E-state index in [0.717, 1.165) is 58.7 Å². The van der Waals surface area contributed by atoms with Gasteiger partial charge in [-0.15, -0.1) is 0 Å². The Hall–Kier alpha value is -4.25. The van der Waals surface area contributed by atoms with Crippen LogP contribution in [0.25, 0.3) is 44.8 Å². The van der Waals surface area contributed by atoms with Gasteiger partial charge in [-0.05, 0) is 73.4 Å². The van der Waals surface area contributed by atoms with Crippen LogP contribution in [0.1, 0.15) is 47.7 Å². The van der Waals surface area contributed by atoms with Gasteiger partial charge in [0.25, 0.3) is 5.91 Å². The first-order chi connectivity index (χ1) is 21.8. The Morgan fingerprint density at radius 2 is 1.87 bits per heavy atom. The van der Waals surface area contributed by atoms with E-state index in [0.29, 0.717) is 40.8 Å². The molecule has 1 aliphatic heterocycles. The Bertz CT molecular complexity index is 1940. The number of nitrogens with zero attached hydrogens (tertiary/aromatic N) is 5. The molecule has 45 heavy (non-hydrogen) atoms. The minimum absolute atomic E-state index is 0.0106. The van der Waals surface area contributed by atoms with E-state index in [4.69, 9.17) is 20.4 Å². The van der Waals surface area contributed by atoms with Crippen molar-refractivity contribution >= 4 is 28.0 Å². The van der Waals surface area contributed by atoms with Gasteiger partial charge in [0.15, 0.2) is 5.82 Å². The van der Waals surface area contributed by atoms with E-state index in [1.54, 1.807) is 7.11 Å². The maximum Gasteiger partial charge on any atom is 0.254 e. The Balaban J connectivity index is 1.21. The number of aryl methyl sites for hydroxylation is 1. The van der Waals surface area contributed by atoms with Crippen LogP contribution in [-0.4, -0.2) is 72.5 Å². The summed E-state index contributed by atoms with van der Waals surface area (Å²) in [5.41, 5.74) is 12.8. The molecule has 2 aromatic carbocycles. The zero-order chi connectivity index (χ0) is 31.0. The molecule has 2 bridgehead atoms. The van der Waals surface area contributed by atoms with Crippen molar-refractivity contribution in [3.8, 4) is 28.5 Å². The van der Waals surface area contributed by atoms with Crippen LogP contribution in [-0.2, 0) is 13.6 Å². The molecule has 4 heterocycles. The Labute approximate surface area is 261 Å². The molecule has 3 fully saturated rings. The molecule has 1 saturated heterocycles. The van der Waals surface area contributed by atoms with E-state index in [-0.39, 0.29) is 24.6 Å². The minimum atomic E-state index is -0.900. The van der Waals surface area contributed by atoms with Crippen molar-refractivity contribution in [1.29, 1.82) is 0 Å². The van der Waals surface area contributed by atoms with Gasteiger partial charge < -0.3 is 34.7 Å². The number of fused-ring (bicyclic) bond motifs is 4. The van der Waals surface area contributed by atoms with E-state index in [1.165, 1.54) is 12.8 Å². The number of ether oxygens (including phenoxy) is 1. The third-order valence-electron chi connectivity index (χ3n) is 10.2. The molecular weight excluding hydrogens is 568 g/mol. The van der Waals surface area contributed by atoms with Gasteiger partial charge in [-0.2, -0.15) is 0 Å². The largest absolute Gasteiger partial charge is 0.494 e. The van der Waals surface area contributed by atoms with Gasteiger partial charge in [0.1, 0.15) is 23.0 Å². The predicted molar refractivity (Wildman–Crippen MR) is 172 cm³/mol. The number of pyridine rings is 1. The monoisotopic (exact) mass is 606 g/mol. The smallest absolute Gasteiger partial charge is 0.254 e. The van der Waals surface area contributed by atoms with Gasteiger partial charge in [-0.1, -0.05) is 24.3 Å². The lowest BCUT2D eigenvalue weighted by Gasteiger charge is -2.27. The highest BCUT2D eigenvalue weighted by Crippen LogP contribution is 2.40. The molecule has 232 valence electrons. The van der Waals surface area contributed by atoms with Crippen molar-refractivity contribution in [1.82, 2.24) is 24.0 Å². The molecule has 3 aromatic heterocycles. The van der Waals surface area contributed by atoms with E-state index < -0.39 is 6.10 Å². The normalized spacial score (nSPS) is 21.7. The van der Waals surface area contributed by atoms with Crippen LogP contribution in [0.5, 0.6) is 5.75 Å². The Morgan fingerprint density at radius 1 is 1.07 bits per heavy atom. The predicted octanol–water partition coefficient (Wildman–Crippen LogP) is 4.26. The number of rotatable bonds is 8. The second-order valence-corrected chi connectivity index (χ2v) is 13.0. The highest BCUT2D eigenvalue weighted by molar-refractivity contribution is 6.00. The summed E-state index contributed by atoms with van der Waals surface area (Å²) in [4.78, 5) is 25.9. The summed E-state index contributed by atoms with van der Waals surface area (Å²) in [5.74, 6) is 2.37. The molecule has 10 nitrogen and oxygen atoms in total. The number of carbonyl (C=O) groups is 1. The molecule has 2 saturated carbocycles. The van der Waals surface area contributed by atoms with Gasteiger partial charge in [0.05, 0.1) is 30.6 Å². The summed E-state index contributed by atoms with van der Waals surface area (Å²) < 4.78 is 10.2. The molecule has 0 radical (unpaired) electrons. The SMILES string of the molecule is COc1cc(C(=O)N2CC3CCC2C3N)cc2nc(-c3cc4ccc(-c5ccc(C(O)CO)cc5)nc4n3CC3CC3)n(C)c12. The number of methoxy groups -OCH3 is 1. The fourth-order valence-electron chi connectivity index (χ4n) is 7.46. The Kier molecular flexibility index (Phi) is 6.70. The summed E-state index contributed by atoms with van der Waals surface area (Å²) >= 11 is 0. The van der Waals surface area contributed by atoms with Crippen LogP contribution < -0.4 is 10.5 Å². The van der Waals surface area contributed by atoms with E-state index in [2.05, 4.69) is 21.3 Å². The van der Waals surface area contributed by atoms with Crippen molar-refractivity contribution < 1.29 is 19.7 Å². The standard InChI is InChI=1S/C35H38N6O4/c1-39-32-26(13-24(15-30(32)45-2)35(44)41-17-23-10-12-27(41)31(23)36)38-34(39)28-14-22-9-11-25(37-33(22)40(28)16-19-3-4-19)20-5-7-21(8-6-20)29(43)18-42/h5-9,11,13-15,19,23,27,29,31,42-43H,3-4,10,12,16-18,36H2,1-2H3. The van der Waals surface area contributed by atoms with Gasteiger partial charge in [-0.25, -0.2) is 9.97 Å². The third-order valence-corrected chi connectivity index (χ3v) is 10.2. The number of nitrogens with two attached hydrogens (primary N) is 1. The summed E-state index contributed by atoms with van der Waals surface area (Å²) in [6, 6.07) is 17.6. The fourth-order valence-corrected chi connectivity index (χ4v) is 7.46. The summed E-state index contributed by atoms with van der Waals surface area (Å²) in [5, 5.41) is 20.3. The number of amides is 1. The molecule has 4 unspecified atom stereocenters. The van der Waals surface area contributed by atoms with Gasteiger partial charge in [-0.3, -0.25) is 4.79 Å². The number of aliphatic hydroxyl groups excluding tert-OH is 2. The number of piperidine rings is 1. The van der Waals surface area contributed by atoms with Crippen LogP contribution in [0.2, 0.25) is 0 Å². The number of hydrogen-bond acceptors (Lipinski definition) is 7. The molecule has 2 aliphatic carbocycles. The van der Waals surface area contributed by atoms with Crippen molar-refractivity contribution in [3.63, 3.8) is 0 Å². The molecule has 8 rings (SSSR count). The average molecular weight is 607 g/mol. The van der Waals surface area contributed by atoms with Gasteiger partial charge >= 0.3 is 0 Å². The number of imidazole rings is 1. The van der Waals surface area contributed by atoms with Crippen molar-refractivity contribution in [2.45, 2.75) is 50.4 Å². The van der Waals surface area contributed by atoms with Crippen molar-refractivity contribution in [2.24, 2.45) is 24.6 Å². The van der Waals surface area contributed by atoms with Crippen LogP contribution in [0.15, 0.2) is 54.6 Å². The summed E-state index contributed by atoms with van der Waals surface area (Å²) in [6.45, 7) is 1.24. The molecule has 4 N–H and O–H groups in total. The zero-order valence-corrected chi connectivity index (χ0v) is 25.6. The number of benzene rings is 2. The van der Waals surface area contributed by atoms with Crippen LogP contribution in [0, 0.1) is 11.8 Å². The van der Waals surface area contributed by atoms with Gasteiger partial charge in [0, 0.05) is 48.7 Å². The molecule has 5 aromatic rings. The number of likely N-dealkylation sites (tertiary alicyclic amines) is 1. The lowest BCUT2D eigenvalue weighted by atomic mass is 10.1. The Morgan fingerprint density at radius 3 is 2.53 bits per heavy atom. The quantitative estimate of drug-likeness (QED) is 0.241. The highest BCUT2D eigenvalue weighted by Gasteiger charge is 2.47. The number of carbonyl (C=O) groups excluding carboxylic acids is 1. The first-order valence-corrected chi connectivity index (χ1v) is 15.9. The number of hydrogen-bond donors (Lipinski definition) is 3. The second-order valence-electron chi connectivity index (χ2n) is 13.0. The molecular formula is C35H38N6O4. The topological polar surface area (TPSA) is 132 Å². The van der Waals surface area contributed by atoms with Crippen LogP contribution >= 0.6 is 0 Å². The lowest BCUT2D eigenvalue weighted by molar-refractivity contribution is 0.0700. The number of aromatic nitrogens is 4. The zero-order valence-electron chi connectivity index (χ0n) is 25.6. The number of aliphatic hydroxyl groups is 2. The van der Waals surface area contributed by atoms with E-state index in [9.17, 15) is 15.0 Å². The summed E-state index contributed by atoms with van der Waals surface area (Å²) in [7, 11) is 3.63. The summed E-state index contributed by atoms with van der Waals surface area (Å²) in [6.07, 6.45) is 3.54. The third kappa shape index (κ3) is 4.62. The lowest BCUT2D eigenvalue weighted by Crippen LogP contribution is -2.41. The highest BCUT2D eigenvalue weighted by atomic mass is 16.5. The van der Waals surface area contributed by atoms with Crippen LogP contribution in [0.4, 0.5) is 0 Å². The minimum Gasteiger partial charge on any atom is -0.494 e. The fraction of sp³-hybridized carbons (Fsp3) is 0.400. The average Bonchev–Trinajstić information content (AvgIpc) is 3.47. The molecule has 4 atom stereocenters. The maximum absolute atomic E-state index is 13.7. The van der Waals surface area contributed by atoms with Crippen molar-refractivity contribution in [3.05, 3.63) is 65.7 Å². The van der Waals surface area contributed by atoms with Crippen LogP contribution in [0.3, 0.4) is 0 Å². The van der Waals surface area contributed by atoms with Gasteiger partial charge in [0.2, 0.25) is 0 Å². The molecule has 0 spiro atoms. The maximum atomic E-state index is 13.7. The molecule has 1 amide bonds. The van der Waals surface area contributed by atoms with E-state index in [1.807, 2.05) is 54.4 Å². The van der Waals surface area contributed by atoms with Crippen molar-refractivity contribution in [2.75, 3.05) is 20.3 Å². The molecule has 10 heteroatoms.